The van der Waals surface area contributed by atoms with E-state index in [9.17, 15) is 4.21 Å². The van der Waals surface area contributed by atoms with Gasteiger partial charge in [0.25, 0.3) is 0 Å². The second-order valence-corrected chi connectivity index (χ2v) is 5.24. The summed E-state index contributed by atoms with van der Waals surface area (Å²) in [5.41, 5.74) is 0. The fourth-order valence-electron chi connectivity index (χ4n) is 1.16. The summed E-state index contributed by atoms with van der Waals surface area (Å²) in [7, 11) is -2.29. The Morgan fingerprint density at radius 3 is 2.90 bits per heavy atom. The Kier molecular flexibility index (Phi) is 2.31. The van der Waals surface area contributed by atoms with Gasteiger partial charge in [-0.3, -0.25) is 8.99 Å². The standard InChI is InChI=1S/C6H13NO2S/c1-10(7,8)5-6-2-3-9-4-6/h6-7H,2-5H2,1H3. The molecule has 1 fully saturated rings. The van der Waals surface area contributed by atoms with E-state index in [1.54, 1.807) is 0 Å². The quantitative estimate of drug-likeness (QED) is 0.651. The first kappa shape index (κ1) is 8.01. The van der Waals surface area contributed by atoms with Crippen LogP contribution in [0.25, 0.3) is 0 Å². The number of ether oxygens (including phenoxy) is 1. The molecule has 1 aliphatic heterocycles. The lowest BCUT2D eigenvalue weighted by Gasteiger charge is -2.05. The fourth-order valence-corrected chi connectivity index (χ4v) is 2.33. The largest absolute Gasteiger partial charge is 0.381 e. The fraction of sp³-hybridized carbons (Fsp3) is 1.00. The minimum absolute atomic E-state index is 0.370. The van der Waals surface area contributed by atoms with Crippen molar-refractivity contribution in [3.63, 3.8) is 0 Å². The lowest BCUT2D eigenvalue weighted by atomic mass is 10.2. The van der Waals surface area contributed by atoms with Crippen molar-refractivity contribution in [2.75, 3.05) is 25.2 Å². The number of rotatable bonds is 2. The molecule has 2 unspecified atom stereocenters. The number of hydrogen-bond acceptors (Lipinski definition) is 3. The van der Waals surface area contributed by atoms with Crippen molar-refractivity contribution in [2.24, 2.45) is 5.92 Å². The van der Waals surface area contributed by atoms with E-state index in [-0.39, 0.29) is 0 Å². The smallest absolute Gasteiger partial charge is 0.0504 e. The molecule has 3 nitrogen and oxygen atoms in total. The summed E-state index contributed by atoms with van der Waals surface area (Å²) in [5, 5.41) is 0. The van der Waals surface area contributed by atoms with Crippen LogP contribution in [0.5, 0.6) is 0 Å². The van der Waals surface area contributed by atoms with Crippen molar-refractivity contribution in [2.45, 2.75) is 6.42 Å². The molecule has 0 aromatic heterocycles. The molecule has 0 saturated carbocycles. The van der Waals surface area contributed by atoms with Crippen molar-refractivity contribution in [3.8, 4) is 0 Å². The van der Waals surface area contributed by atoms with Crippen LogP contribution >= 0.6 is 0 Å². The Bertz CT molecular complexity index is 192. The topological polar surface area (TPSA) is 50.2 Å². The van der Waals surface area contributed by atoms with Crippen LogP contribution in [-0.2, 0) is 14.5 Å². The average Bonchev–Trinajstić information content (AvgIpc) is 2.12. The van der Waals surface area contributed by atoms with Crippen LogP contribution < -0.4 is 0 Å². The van der Waals surface area contributed by atoms with Crippen LogP contribution in [0.2, 0.25) is 0 Å². The maximum Gasteiger partial charge on any atom is 0.0504 e. The molecule has 1 aliphatic rings. The second-order valence-electron chi connectivity index (χ2n) is 2.90. The first-order valence-corrected chi connectivity index (χ1v) is 5.51. The van der Waals surface area contributed by atoms with Crippen LogP contribution in [0.3, 0.4) is 0 Å². The summed E-state index contributed by atoms with van der Waals surface area (Å²) in [6, 6.07) is 0. The molecule has 0 aromatic rings. The van der Waals surface area contributed by atoms with E-state index in [0.717, 1.165) is 13.0 Å². The second kappa shape index (κ2) is 2.88. The summed E-state index contributed by atoms with van der Waals surface area (Å²) in [5.74, 6) is 0.877. The molecular weight excluding hydrogens is 150 g/mol. The third-order valence-corrected chi connectivity index (χ3v) is 2.69. The van der Waals surface area contributed by atoms with Crippen LogP contribution in [-0.4, -0.2) is 29.4 Å². The van der Waals surface area contributed by atoms with Crippen molar-refractivity contribution in [3.05, 3.63) is 0 Å². The maximum absolute atomic E-state index is 11.0. The third kappa shape index (κ3) is 2.66. The average molecular weight is 163 g/mol. The highest BCUT2D eigenvalue weighted by molar-refractivity contribution is 7.91. The molecular formula is C6H13NO2S. The predicted molar refractivity (Wildman–Crippen MR) is 40.6 cm³/mol. The highest BCUT2D eigenvalue weighted by atomic mass is 32.2. The number of nitrogens with one attached hydrogen (secondary N) is 1. The van der Waals surface area contributed by atoms with Crippen LogP contribution in [0, 0.1) is 10.7 Å². The molecule has 0 bridgehead atoms. The Balaban J connectivity index is 2.38. The monoisotopic (exact) mass is 163 g/mol. The van der Waals surface area contributed by atoms with Crippen molar-refractivity contribution < 1.29 is 8.95 Å². The zero-order chi connectivity index (χ0) is 7.61. The molecule has 1 saturated heterocycles. The van der Waals surface area contributed by atoms with Crippen molar-refractivity contribution in [1.82, 2.24) is 0 Å². The predicted octanol–water partition coefficient (Wildman–Crippen LogP) is 0.699. The van der Waals surface area contributed by atoms with Gasteiger partial charge in [-0.15, -0.1) is 0 Å². The third-order valence-electron chi connectivity index (χ3n) is 1.58. The van der Waals surface area contributed by atoms with Gasteiger partial charge in [0, 0.05) is 28.3 Å². The van der Waals surface area contributed by atoms with E-state index in [1.807, 2.05) is 0 Å². The molecule has 2 atom stereocenters. The molecule has 0 amide bonds. The molecule has 0 spiro atoms. The van der Waals surface area contributed by atoms with Gasteiger partial charge in [-0.25, -0.2) is 0 Å². The lowest BCUT2D eigenvalue weighted by Crippen LogP contribution is -2.13. The molecule has 1 N–H and O–H groups in total. The van der Waals surface area contributed by atoms with E-state index >= 15 is 0 Å². The molecule has 10 heavy (non-hydrogen) atoms. The first-order valence-electron chi connectivity index (χ1n) is 3.37. The van der Waals surface area contributed by atoms with Gasteiger partial charge in [-0.05, 0) is 12.3 Å². The normalized spacial score (nSPS) is 31.9. The highest BCUT2D eigenvalue weighted by Crippen LogP contribution is 2.13. The van der Waals surface area contributed by atoms with E-state index in [1.165, 1.54) is 6.26 Å². The van der Waals surface area contributed by atoms with Gasteiger partial charge in [0.1, 0.15) is 0 Å². The zero-order valence-electron chi connectivity index (χ0n) is 6.13. The molecule has 0 aliphatic carbocycles. The molecule has 0 aromatic carbocycles. The van der Waals surface area contributed by atoms with Gasteiger partial charge in [0.15, 0.2) is 0 Å². The van der Waals surface area contributed by atoms with Crippen molar-refractivity contribution >= 4 is 9.73 Å². The molecule has 60 valence electrons. The Hall–Kier alpha value is -0.0900. The SMILES string of the molecule is CS(=N)(=O)CC1CCOC1. The summed E-state index contributed by atoms with van der Waals surface area (Å²) in [6.07, 6.45) is 2.47. The van der Waals surface area contributed by atoms with Gasteiger partial charge >= 0.3 is 0 Å². The van der Waals surface area contributed by atoms with E-state index < -0.39 is 9.73 Å². The van der Waals surface area contributed by atoms with Gasteiger partial charge in [0.2, 0.25) is 0 Å². The van der Waals surface area contributed by atoms with Crippen LogP contribution in [0.15, 0.2) is 0 Å². The van der Waals surface area contributed by atoms with E-state index in [2.05, 4.69) is 0 Å². The van der Waals surface area contributed by atoms with E-state index in [4.69, 9.17) is 9.52 Å². The highest BCUT2D eigenvalue weighted by Gasteiger charge is 2.18. The Morgan fingerprint density at radius 1 is 1.80 bits per heavy atom. The molecule has 0 radical (unpaired) electrons. The minimum atomic E-state index is -2.29. The Labute approximate surface area is 61.7 Å². The summed E-state index contributed by atoms with van der Waals surface area (Å²) in [6.45, 7) is 1.48. The van der Waals surface area contributed by atoms with Crippen molar-refractivity contribution in [1.29, 1.82) is 4.78 Å². The van der Waals surface area contributed by atoms with E-state index in [0.29, 0.717) is 18.3 Å². The number of hydrogen-bond donors (Lipinski definition) is 1. The summed E-state index contributed by atoms with van der Waals surface area (Å²) < 4.78 is 23.2. The molecule has 4 heteroatoms. The molecule has 1 rings (SSSR count). The van der Waals surface area contributed by atoms with Gasteiger partial charge < -0.3 is 4.74 Å². The Morgan fingerprint density at radius 2 is 2.50 bits per heavy atom. The zero-order valence-corrected chi connectivity index (χ0v) is 6.95. The molecule has 1 heterocycles. The van der Waals surface area contributed by atoms with Crippen LogP contribution in [0.4, 0.5) is 0 Å². The lowest BCUT2D eigenvalue weighted by molar-refractivity contribution is 0.188. The van der Waals surface area contributed by atoms with Gasteiger partial charge in [-0.1, -0.05) is 0 Å². The first-order chi connectivity index (χ1) is 4.58. The van der Waals surface area contributed by atoms with Gasteiger partial charge in [-0.2, -0.15) is 0 Å². The summed E-state index contributed by atoms with van der Waals surface area (Å²) in [4.78, 5) is 0. The summed E-state index contributed by atoms with van der Waals surface area (Å²) >= 11 is 0. The minimum Gasteiger partial charge on any atom is -0.381 e. The maximum atomic E-state index is 11.0. The van der Waals surface area contributed by atoms with Gasteiger partial charge in [0.05, 0.1) is 6.61 Å². The van der Waals surface area contributed by atoms with Crippen LogP contribution in [0.1, 0.15) is 6.42 Å².